The highest BCUT2D eigenvalue weighted by molar-refractivity contribution is 5.56. The Morgan fingerprint density at radius 2 is 2.04 bits per heavy atom. The molecule has 0 spiro atoms. The molecule has 3 aromatic rings. The average Bonchev–Trinajstić information content (AvgIpc) is 3.14. The van der Waals surface area contributed by atoms with Crippen molar-refractivity contribution in [3.05, 3.63) is 51.8 Å². The summed E-state index contributed by atoms with van der Waals surface area (Å²) in [7, 11) is 0. The lowest BCUT2D eigenvalue weighted by molar-refractivity contribution is 0.289. The van der Waals surface area contributed by atoms with Crippen molar-refractivity contribution < 1.29 is 14.6 Å². The lowest BCUT2D eigenvalue weighted by Crippen LogP contribution is -2.19. The van der Waals surface area contributed by atoms with E-state index in [1.54, 1.807) is 0 Å². The third-order valence-corrected chi connectivity index (χ3v) is 4.94. The number of fused-ring (bicyclic) bond motifs is 1. The van der Waals surface area contributed by atoms with Crippen LogP contribution in [0.25, 0.3) is 5.69 Å². The van der Waals surface area contributed by atoms with Gasteiger partial charge in [-0.15, -0.1) is 0 Å². The Morgan fingerprint density at radius 3 is 2.68 bits per heavy atom. The van der Waals surface area contributed by atoms with E-state index in [0.29, 0.717) is 30.2 Å². The first kappa shape index (κ1) is 18.1. The molecule has 4 rings (SSSR count). The summed E-state index contributed by atoms with van der Waals surface area (Å²) in [6.07, 6.45) is 3.38. The van der Waals surface area contributed by atoms with Gasteiger partial charge in [0.1, 0.15) is 11.5 Å². The molecule has 0 fully saturated rings. The number of aromatic amines is 1. The van der Waals surface area contributed by atoms with Crippen LogP contribution in [-0.2, 0) is 11.8 Å². The number of ether oxygens (including phenoxy) is 2. The van der Waals surface area contributed by atoms with Gasteiger partial charge in [0, 0.05) is 11.0 Å². The van der Waals surface area contributed by atoms with Gasteiger partial charge in [-0.25, -0.2) is 19.3 Å². The topological polar surface area (TPSA) is 102 Å². The largest absolute Gasteiger partial charge is 0.493 e. The van der Waals surface area contributed by atoms with E-state index in [2.05, 4.69) is 28.8 Å². The number of hydrogen-bond donors (Lipinski definition) is 2. The van der Waals surface area contributed by atoms with E-state index >= 15 is 0 Å². The molecule has 146 valence electrons. The summed E-state index contributed by atoms with van der Waals surface area (Å²) in [6.45, 7) is 8.62. The van der Waals surface area contributed by atoms with E-state index < -0.39 is 5.69 Å². The van der Waals surface area contributed by atoms with Gasteiger partial charge < -0.3 is 19.6 Å². The predicted octanol–water partition coefficient (Wildman–Crippen LogP) is 2.99. The maximum Gasteiger partial charge on any atom is 0.333 e. The second-order valence-corrected chi connectivity index (χ2v) is 7.50. The Morgan fingerprint density at radius 1 is 1.32 bits per heavy atom. The minimum atomic E-state index is -0.443. The average molecular weight is 382 g/mol. The molecule has 2 N–H and O–H groups in total. The summed E-state index contributed by atoms with van der Waals surface area (Å²) in [5, 5.41) is 10.2. The molecular weight excluding hydrogens is 360 g/mol. The van der Waals surface area contributed by atoms with E-state index in [1.165, 1.54) is 12.4 Å². The summed E-state index contributed by atoms with van der Waals surface area (Å²) in [6, 6.07) is 3.97. The highest BCUT2D eigenvalue weighted by Crippen LogP contribution is 2.46. The van der Waals surface area contributed by atoms with Gasteiger partial charge in [0.25, 0.3) is 0 Å². The molecule has 0 unspecified atom stereocenters. The second kappa shape index (κ2) is 6.40. The van der Waals surface area contributed by atoms with E-state index in [0.717, 1.165) is 21.4 Å². The molecule has 0 radical (unpaired) electrons. The summed E-state index contributed by atoms with van der Waals surface area (Å²) in [4.78, 5) is 23.1. The van der Waals surface area contributed by atoms with Crippen LogP contribution in [0.15, 0.2) is 29.3 Å². The summed E-state index contributed by atoms with van der Waals surface area (Å²) < 4.78 is 12.9. The number of benzene rings is 1. The molecule has 8 heteroatoms. The zero-order valence-electron chi connectivity index (χ0n) is 16.2. The maximum absolute atomic E-state index is 12.1. The second-order valence-electron chi connectivity index (χ2n) is 7.50. The van der Waals surface area contributed by atoms with Crippen molar-refractivity contribution in [3.63, 3.8) is 0 Å². The van der Waals surface area contributed by atoms with Crippen LogP contribution >= 0.6 is 0 Å². The van der Waals surface area contributed by atoms with Gasteiger partial charge in [0.2, 0.25) is 5.88 Å². The van der Waals surface area contributed by atoms with Crippen LogP contribution in [0.3, 0.4) is 0 Å². The molecule has 0 saturated heterocycles. The van der Waals surface area contributed by atoms with Crippen LogP contribution in [0.2, 0.25) is 0 Å². The third-order valence-electron chi connectivity index (χ3n) is 4.94. The SMILES string of the molecule is CCc1[nH]c(=O)n(-c2cnc(Oc3ccc(C)c4c3C(C)(C)CO4)nc2)c1O. The zero-order valence-corrected chi connectivity index (χ0v) is 16.2. The van der Waals surface area contributed by atoms with Crippen LogP contribution < -0.4 is 15.2 Å². The fourth-order valence-corrected chi connectivity index (χ4v) is 3.44. The van der Waals surface area contributed by atoms with E-state index in [-0.39, 0.29) is 17.3 Å². The Labute approximate surface area is 161 Å². The lowest BCUT2D eigenvalue weighted by atomic mass is 9.85. The van der Waals surface area contributed by atoms with E-state index in [9.17, 15) is 9.90 Å². The molecule has 0 aliphatic carbocycles. The van der Waals surface area contributed by atoms with Crippen molar-refractivity contribution in [2.45, 2.75) is 39.5 Å². The number of aromatic nitrogens is 4. The van der Waals surface area contributed by atoms with Crippen LogP contribution in [0.5, 0.6) is 23.4 Å². The Hall–Kier alpha value is -3.29. The summed E-state index contributed by atoms with van der Waals surface area (Å²) >= 11 is 0. The van der Waals surface area contributed by atoms with Gasteiger partial charge in [0.15, 0.2) is 0 Å². The minimum Gasteiger partial charge on any atom is -0.493 e. The van der Waals surface area contributed by atoms with Crippen molar-refractivity contribution in [1.29, 1.82) is 0 Å². The smallest absolute Gasteiger partial charge is 0.333 e. The number of imidazole rings is 1. The first-order valence-corrected chi connectivity index (χ1v) is 9.12. The van der Waals surface area contributed by atoms with E-state index in [4.69, 9.17) is 9.47 Å². The van der Waals surface area contributed by atoms with Crippen LogP contribution in [-0.4, -0.2) is 31.2 Å². The molecule has 0 saturated carbocycles. The van der Waals surface area contributed by atoms with Crippen molar-refractivity contribution in [2.75, 3.05) is 6.61 Å². The zero-order chi connectivity index (χ0) is 20.1. The minimum absolute atomic E-state index is 0.139. The Balaban J connectivity index is 1.67. The number of aryl methyl sites for hydroxylation is 2. The fourth-order valence-electron chi connectivity index (χ4n) is 3.44. The standard InChI is InChI=1S/C20H22N4O4/c1-5-13-17(25)24(19(26)23-13)12-8-21-18(22-9-12)28-14-7-6-11(2)16-15(14)20(3,4)10-27-16/h6-9,25H,5,10H2,1-4H3,(H,23,26). The quantitative estimate of drug-likeness (QED) is 0.719. The predicted molar refractivity (Wildman–Crippen MR) is 103 cm³/mol. The number of rotatable bonds is 4. The van der Waals surface area contributed by atoms with Crippen molar-refractivity contribution in [1.82, 2.24) is 19.5 Å². The molecule has 0 atom stereocenters. The third kappa shape index (κ3) is 2.81. The molecule has 1 aliphatic heterocycles. The van der Waals surface area contributed by atoms with Crippen LogP contribution in [0, 0.1) is 6.92 Å². The lowest BCUT2D eigenvalue weighted by Gasteiger charge is -2.19. The molecule has 1 aromatic carbocycles. The first-order valence-electron chi connectivity index (χ1n) is 9.12. The number of nitrogens with zero attached hydrogens (tertiary/aromatic N) is 3. The molecule has 2 aromatic heterocycles. The van der Waals surface area contributed by atoms with Gasteiger partial charge in [-0.05, 0) is 25.0 Å². The number of hydrogen-bond acceptors (Lipinski definition) is 6. The molecule has 0 amide bonds. The van der Waals surface area contributed by atoms with Gasteiger partial charge in [-0.3, -0.25) is 0 Å². The molecule has 3 heterocycles. The summed E-state index contributed by atoms with van der Waals surface area (Å²) in [5.74, 6) is 1.35. The highest BCUT2D eigenvalue weighted by atomic mass is 16.5. The van der Waals surface area contributed by atoms with Crippen molar-refractivity contribution >= 4 is 0 Å². The molecular formula is C20H22N4O4. The van der Waals surface area contributed by atoms with Gasteiger partial charge in [-0.1, -0.05) is 26.8 Å². The molecule has 1 aliphatic rings. The van der Waals surface area contributed by atoms with Gasteiger partial charge in [0.05, 0.1) is 30.4 Å². The van der Waals surface area contributed by atoms with Gasteiger partial charge >= 0.3 is 11.7 Å². The number of H-pyrrole nitrogens is 1. The molecule has 0 bridgehead atoms. The molecule has 28 heavy (non-hydrogen) atoms. The van der Waals surface area contributed by atoms with E-state index in [1.807, 2.05) is 26.0 Å². The normalized spacial score (nSPS) is 14.6. The van der Waals surface area contributed by atoms with Crippen LogP contribution in [0.4, 0.5) is 0 Å². The van der Waals surface area contributed by atoms with Gasteiger partial charge in [-0.2, -0.15) is 0 Å². The Kier molecular flexibility index (Phi) is 4.14. The first-order chi connectivity index (χ1) is 13.3. The Bertz CT molecular complexity index is 1100. The highest BCUT2D eigenvalue weighted by Gasteiger charge is 2.36. The number of aromatic hydroxyl groups is 1. The number of nitrogens with one attached hydrogen (secondary N) is 1. The molecule has 8 nitrogen and oxygen atoms in total. The van der Waals surface area contributed by atoms with Crippen molar-refractivity contribution in [3.8, 4) is 29.1 Å². The summed E-state index contributed by atoms with van der Waals surface area (Å²) in [5.41, 5.74) is 2.23. The maximum atomic E-state index is 12.1. The van der Waals surface area contributed by atoms with Crippen molar-refractivity contribution in [2.24, 2.45) is 0 Å². The monoisotopic (exact) mass is 382 g/mol. The van der Waals surface area contributed by atoms with Crippen LogP contribution in [0.1, 0.15) is 37.6 Å². The fraction of sp³-hybridized carbons (Fsp3) is 0.350.